The number of nitrogens with zero attached hydrogens (tertiary/aromatic N) is 1. The lowest BCUT2D eigenvalue weighted by Gasteiger charge is -2.05. The molecule has 4 rings (SSSR count). The summed E-state index contributed by atoms with van der Waals surface area (Å²) >= 11 is 2.91. The number of halogens is 1. The molecular formula is C19H15FN2O3S2. The van der Waals surface area contributed by atoms with Gasteiger partial charge >= 0.3 is 0 Å². The summed E-state index contributed by atoms with van der Waals surface area (Å²) in [6.07, 6.45) is 0.172. The minimum absolute atomic E-state index is 0.162. The molecule has 8 heteroatoms. The molecule has 0 saturated heterocycles. The van der Waals surface area contributed by atoms with Crippen LogP contribution in [0.1, 0.15) is 11.3 Å². The molecule has 0 spiro atoms. The van der Waals surface area contributed by atoms with Gasteiger partial charge in [-0.05, 0) is 23.8 Å². The third-order valence-electron chi connectivity index (χ3n) is 3.84. The minimum Gasteiger partial charge on any atom is -0.454 e. The number of fused-ring (bicyclic) bond motifs is 1. The van der Waals surface area contributed by atoms with E-state index < -0.39 is 0 Å². The van der Waals surface area contributed by atoms with E-state index in [9.17, 15) is 9.18 Å². The van der Waals surface area contributed by atoms with Gasteiger partial charge in [0, 0.05) is 22.9 Å². The second kappa shape index (κ2) is 7.98. The maximum Gasteiger partial charge on any atom is 0.231 e. The van der Waals surface area contributed by atoms with Gasteiger partial charge in [0.2, 0.25) is 12.7 Å². The fraction of sp³-hybridized carbons (Fsp3) is 0.158. The van der Waals surface area contributed by atoms with E-state index in [1.807, 2.05) is 11.4 Å². The Labute approximate surface area is 163 Å². The molecule has 3 aromatic rings. The summed E-state index contributed by atoms with van der Waals surface area (Å²) in [5.74, 6) is 1.41. The first kappa shape index (κ1) is 17.8. The van der Waals surface area contributed by atoms with Crippen LogP contribution in [0.15, 0.2) is 52.2 Å². The molecule has 0 unspecified atom stereocenters. The predicted molar refractivity (Wildman–Crippen MR) is 103 cm³/mol. The van der Waals surface area contributed by atoms with E-state index in [2.05, 4.69) is 10.3 Å². The second-order valence-corrected chi connectivity index (χ2v) is 7.86. The predicted octanol–water partition coefficient (Wildman–Crippen LogP) is 4.48. The van der Waals surface area contributed by atoms with Crippen LogP contribution >= 0.6 is 23.1 Å². The minimum atomic E-state index is -0.218. The van der Waals surface area contributed by atoms with Crippen LogP contribution in [-0.2, 0) is 17.0 Å². The van der Waals surface area contributed by atoms with Gasteiger partial charge < -0.3 is 14.8 Å². The summed E-state index contributed by atoms with van der Waals surface area (Å²) in [5.41, 5.74) is 1.97. The lowest BCUT2D eigenvalue weighted by atomic mass is 10.2. The quantitative estimate of drug-likeness (QED) is 0.616. The standard InChI is InChI=1S/C19H15FN2O3S2/c20-15-4-2-1-3-12(15)9-26-19-22-14(10-27-19)8-18(23)21-13-5-6-16-17(7-13)25-11-24-16/h1-7,10H,8-9,11H2,(H,21,23). The topological polar surface area (TPSA) is 60.5 Å². The molecule has 138 valence electrons. The molecule has 1 amide bonds. The number of hydrogen-bond donors (Lipinski definition) is 1. The largest absolute Gasteiger partial charge is 0.454 e. The highest BCUT2D eigenvalue weighted by molar-refractivity contribution is 8.00. The van der Waals surface area contributed by atoms with Crippen LogP contribution in [0, 0.1) is 5.82 Å². The third-order valence-corrected chi connectivity index (χ3v) is 5.96. The van der Waals surface area contributed by atoms with E-state index in [-0.39, 0.29) is 24.9 Å². The number of amides is 1. The average molecular weight is 402 g/mol. The van der Waals surface area contributed by atoms with Gasteiger partial charge in [-0.3, -0.25) is 4.79 Å². The fourth-order valence-corrected chi connectivity index (χ4v) is 4.37. The summed E-state index contributed by atoms with van der Waals surface area (Å²) in [4.78, 5) is 16.7. The molecule has 1 aliphatic heterocycles. The molecule has 0 saturated carbocycles. The number of benzene rings is 2. The Hall–Kier alpha value is -2.58. The summed E-state index contributed by atoms with van der Waals surface area (Å²) in [6, 6.07) is 12.0. The fourth-order valence-electron chi connectivity index (χ4n) is 2.53. The third kappa shape index (κ3) is 4.40. The Morgan fingerprint density at radius 1 is 1.22 bits per heavy atom. The smallest absolute Gasteiger partial charge is 0.231 e. The number of anilines is 1. The molecule has 1 aromatic heterocycles. The zero-order chi connectivity index (χ0) is 18.6. The Morgan fingerprint density at radius 2 is 2.07 bits per heavy atom. The van der Waals surface area contributed by atoms with Crippen LogP contribution in [0.3, 0.4) is 0 Å². The van der Waals surface area contributed by atoms with Crippen molar-refractivity contribution in [2.24, 2.45) is 0 Å². The maximum absolute atomic E-state index is 13.7. The molecule has 0 atom stereocenters. The molecule has 0 fully saturated rings. The molecule has 1 N–H and O–H groups in total. The molecule has 2 heterocycles. The van der Waals surface area contributed by atoms with Crippen LogP contribution in [0.5, 0.6) is 11.5 Å². The van der Waals surface area contributed by atoms with Gasteiger partial charge in [0.25, 0.3) is 0 Å². The number of hydrogen-bond acceptors (Lipinski definition) is 6. The number of aromatic nitrogens is 1. The van der Waals surface area contributed by atoms with Crippen LogP contribution in [0.2, 0.25) is 0 Å². The molecule has 0 radical (unpaired) electrons. The van der Waals surface area contributed by atoms with Crippen molar-refractivity contribution in [3.05, 3.63) is 64.9 Å². The van der Waals surface area contributed by atoms with E-state index in [0.717, 1.165) is 4.34 Å². The van der Waals surface area contributed by atoms with Gasteiger partial charge in [0.1, 0.15) is 10.2 Å². The Balaban J connectivity index is 1.32. The molecule has 0 aliphatic carbocycles. The molecular weight excluding hydrogens is 387 g/mol. The van der Waals surface area contributed by atoms with Gasteiger partial charge in [0.05, 0.1) is 12.1 Å². The number of rotatable bonds is 6. The van der Waals surface area contributed by atoms with Gasteiger partial charge in [-0.25, -0.2) is 9.37 Å². The van der Waals surface area contributed by atoms with Crippen LogP contribution in [0.4, 0.5) is 10.1 Å². The van der Waals surface area contributed by atoms with E-state index >= 15 is 0 Å². The van der Waals surface area contributed by atoms with E-state index in [1.165, 1.54) is 29.2 Å². The highest BCUT2D eigenvalue weighted by atomic mass is 32.2. The van der Waals surface area contributed by atoms with Crippen molar-refractivity contribution in [1.29, 1.82) is 0 Å². The van der Waals surface area contributed by atoms with Crippen molar-refractivity contribution in [2.75, 3.05) is 12.1 Å². The van der Waals surface area contributed by atoms with Crippen molar-refractivity contribution in [3.63, 3.8) is 0 Å². The first-order chi connectivity index (χ1) is 13.2. The lowest BCUT2D eigenvalue weighted by Crippen LogP contribution is -2.14. The SMILES string of the molecule is O=C(Cc1csc(SCc2ccccc2F)n1)Nc1ccc2c(c1)OCO2. The normalized spacial score (nSPS) is 12.2. The first-order valence-electron chi connectivity index (χ1n) is 8.17. The second-order valence-electron chi connectivity index (χ2n) is 5.78. The highest BCUT2D eigenvalue weighted by Crippen LogP contribution is 2.34. The summed E-state index contributed by atoms with van der Waals surface area (Å²) in [5, 5.41) is 4.68. The summed E-state index contributed by atoms with van der Waals surface area (Å²) in [6.45, 7) is 0.193. The van der Waals surface area contributed by atoms with Crippen molar-refractivity contribution in [2.45, 2.75) is 16.5 Å². The Kier molecular flexibility index (Phi) is 5.26. The Morgan fingerprint density at radius 3 is 2.96 bits per heavy atom. The maximum atomic E-state index is 13.7. The van der Waals surface area contributed by atoms with Crippen LogP contribution in [-0.4, -0.2) is 17.7 Å². The van der Waals surface area contributed by atoms with Crippen molar-refractivity contribution >= 4 is 34.7 Å². The number of ether oxygens (including phenoxy) is 2. The number of carbonyl (C=O) groups is 1. The molecule has 2 aromatic carbocycles. The van der Waals surface area contributed by atoms with Crippen LogP contribution in [0.25, 0.3) is 0 Å². The number of carbonyl (C=O) groups excluding carboxylic acids is 1. The average Bonchev–Trinajstić information content (AvgIpc) is 3.29. The monoisotopic (exact) mass is 402 g/mol. The van der Waals surface area contributed by atoms with Crippen molar-refractivity contribution < 1.29 is 18.7 Å². The zero-order valence-electron chi connectivity index (χ0n) is 14.1. The highest BCUT2D eigenvalue weighted by Gasteiger charge is 2.15. The van der Waals surface area contributed by atoms with Crippen molar-refractivity contribution in [1.82, 2.24) is 4.98 Å². The molecule has 5 nitrogen and oxygen atoms in total. The van der Waals surface area contributed by atoms with Gasteiger partial charge in [-0.2, -0.15) is 0 Å². The number of thioether (sulfide) groups is 1. The molecule has 1 aliphatic rings. The van der Waals surface area contributed by atoms with Crippen molar-refractivity contribution in [3.8, 4) is 11.5 Å². The van der Waals surface area contributed by atoms with E-state index in [1.54, 1.807) is 30.3 Å². The number of nitrogens with one attached hydrogen (secondary N) is 1. The summed E-state index contributed by atoms with van der Waals surface area (Å²) < 4.78 is 25.0. The number of thiazole rings is 1. The van der Waals surface area contributed by atoms with Gasteiger partial charge in [0.15, 0.2) is 11.5 Å². The van der Waals surface area contributed by atoms with Gasteiger partial charge in [-0.1, -0.05) is 30.0 Å². The molecule has 0 bridgehead atoms. The lowest BCUT2D eigenvalue weighted by molar-refractivity contribution is -0.115. The van der Waals surface area contributed by atoms with E-state index in [0.29, 0.717) is 34.2 Å². The summed E-state index contributed by atoms with van der Waals surface area (Å²) in [7, 11) is 0. The first-order valence-corrected chi connectivity index (χ1v) is 10.0. The zero-order valence-corrected chi connectivity index (χ0v) is 15.7. The Bertz CT molecular complexity index is 977. The van der Waals surface area contributed by atoms with Crippen LogP contribution < -0.4 is 14.8 Å². The van der Waals surface area contributed by atoms with Gasteiger partial charge in [-0.15, -0.1) is 11.3 Å². The van der Waals surface area contributed by atoms with E-state index in [4.69, 9.17) is 9.47 Å². The molecule has 27 heavy (non-hydrogen) atoms.